The van der Waals surface area contributed by atoms with Crippen LogP contribution in [0.5, 0.6) is 5.75 Å². The first-order chi connectivity index (χ1) is 15.8. The second-order valence-electron chi connectivity index (χ2n) is 6.82. The highest BCUT2D eigenvalue weighted by Gasteiger charge is 2.22. The van der Waals surface area contributed by atoms with Crippen molar-refractivity contribution in [1.29, 1.82) is 0 Å². The van der Waals surface area contributed by atoms with Crippen LogP contribution in [0.25, 0.3) is 22.4 Å². The summed E-state index contributed by atoms with van der Waals surface area (Å²) in [6.45, 7) is 0. The molecular formula is C22H16Cl2N4O4S. The maximum Gasteiger partial charge on any atom is 0.355 e. The molecule has 8 nitrogen and oxygen atoms in total. The van der Waals surface area contributed by atoms with Gasteiger partial charge in [-0.05, 0) is 60.2 Å². The summed E-state index contributed by atoms with van der Waals surface area (Å²) >= 11 is 12.0. The molecule has 0 atom stereocenters. The number of pyridine rings is 1. The molecule has 0 aliphatic rings. The SMILES string of the molecule is COc1cc(Cl)cc(-c2nn(C(=O)NS(=O)(=O)c3ccc(Cl)cc3)cc2-c2ccncc2)c1. The highest BCUT2D eigenvalue weighted by atomic mass is 35.5. The number of hydrogen-bond donors (Lipinski definition) is 1. The minimum atomic E-state index is -4.14. The number of aromatic nitrogens is 3. The topological polar surface area (TPSA) is 103 Å². The first-order valence-corrected chi connectivity index (χ1v) is 11.7. The molecule has 11 heteroatoms. The fraction of sp³-hybridized carbons (Fsp3) is 0.0455. The Balaban J connectivity index is 1.76. The monoisotopic (exact) mass is 502 g/mol. The van der Waals surface area contributed by atoms with E-state index in [2.05, 4.69) is 10.1 Å². The fourth-order valence-electron chi connectivity index (χ4n) is 3.09. The van der Waals surface area contributed by atoms with Gasteiger partial charge in [0.15, 0.2) is 0 Å². The molecule has 0 saturated heterocycles. The number of ether oxygens (including phenoxy) is 1. The molecule has 0 saturated carbocycles. The van der Waals surface area contributed by atoms with Crippen LogP contribution in [0.15, 0.2) is 78.1 Å². The van der Waals surface area contributed by atoms with Crippen LogP contribution in [0, 0.1) is 0 Å². The van der Waals surface area contributed by atoms with Crippen LogP contribution in [0.2, 0.25) is 10.0 Å². The molecule has 1 N–H and O–H groups in total. The average Bonchev–Trinajstić information content (AvgIpc) is 3.25. The van der Waals surface area contributed by atoms with Gasteiger partial charge in [0, 0.05) is 39.8 Å². The molecular weight excluding hydrogens is 487 g/mol. The second-order valence-corrected chi connectivity index (χ2v) is 9.37. The van der Waals surface area contributed by atoms with Crippen LogP contribution in [0.3, 0.4) is 0 Å². The molecule has 2 aromatic carbocycles. The normalized spacial score (nSPS) is 11.2. The van der Waals surface area contributed by atoms with Crippen molar-refractivity contribution in [2.45, 2.75) is 4.90 Å². The molecule has 2 aromatic heterocycles. The quantitative estimate of drug-likeness (QED) is 0.417. The summed E-state index contributed by atoms with van der Waals surface area (Å²) < 4.78 is 33.5. The molecule has 168 valence electrons. The highest BCUT2D eigenvalue weighted by molar-refractivity contribution is 7.90. The first kappa shape index (κ1) is 22.8. The molecule has 0 unspecified atom stereocenters. The number of rotatable bonds is 5. The Hall–Kier alpha value is -3.40. The van der Waals surface area contributed by atoms with E-state index in [1.807, 2.05) is 4.72 Å². The molecule has 0 radical (unpaired) electrons. The average molecular weight is 503 g/mol. The maximum absolute atomic E-state index is 12.8. The van der Waals surface area contributed by atoms with Crippen molar-refractivity contribution in [2.24, 2.45) is 0 Å². The largest absolute Gasteiger partial charge is 0.497 e. The van der Waals surface area contributed by atoms with Gasteiger partial charge >= 0.3 is 6.03 Å². The number of sulfonamides is 1. The van der Waals surface area contributed by atoms with Gasteiger partial charge in [0.05, 0.1) is 12.0 Å². The zero-order valence-corrected chi connectivity index (χ0v) is 19.4. The van der Waals surface area contributed by atoms with Gasteiger partial charge in [0.2, 0.25) is 0 Å². The van der Waals surface area contributed by atoms with Crippen LogP contribution in [-0.4, -0.2) is 36.3 Å². The molecule has 1 amide bonds. The number of hydrogen-bond acceptors (Lipinski definition) is 6. The van der Waals surface area contributed by atoms with E-state index in [-0.39, 0.29) is 4.90 Å². The van der Waals surface area contributed by atoms with Gasteiger partial charge in [0.25, 0.3) is 10.0 Å². The lowest BCUT2D eigenvalue weighted by atomic mass is 10.0. The van der Waals surface area contributed by atoms with Gasteiger partial charge in [-0.3, -0.25) is 4.98 Å². The summed E-state index contributed by atoms with van der Waals surface area (Å²) in [5, 5.41) is 5.13. The Morgan fingerprint density at radius 3 is 2.33 bits per heavy atom. The predicted molar refractivity (Wildman–Crippen MR) is 125 cm³/mol. The summed E-state index contributed by atoms with van der Waals surface area (Å²) in [5.74, 6) is 0.502. The van der Waals surface area contributed by atoms with Gasteiger partial charge < -0.3 is 4.74 Å². The van der Waals surface area contributed by atoms with Crippen LogP contribution in [0.4, 0.5) is 4.79 Å². The lowest BCUT2D eigenvalue weighted by Gasteiger charge is -2.07. The minimum Gasteiger partial charge on any atom is -0.497 e. The van der Waals surface area contributed by atoms with E-state index in [1.54, 1.807) is 42.7 Å². The molecule has 0 bridgehead atoms. The Labute approximate surface area is 199 Å². The third-order valence-corrected chi connectivity index (χ3v) is 6.45. The van der Waals surface area contributed by atoms with Crippen molar-refractivity contribution in [1.82, 2.24) is 19.5 Å². The smallest absolute Gasteiger partial charge is 0.355 e. The zero-order chi connectivity index (χ0) is 23.6. The van der Waals surface area contributed by atoms with Gasteiger partial charge in [0.1, 0.15) is 11.4 Å². The van der Waals surface area contributed by atoms with E-state index < -0.39 is 16.1 Å². The number of nitrogens with zero attached hydrogens (tertiary/aromatic N) is 3. The predicted octanol–water partition coefficient (Wildman–Crippen LogP) is 4.87. The molecule has 0 spiro atoms. The van der Waals surface area contributed by atoms with Crippen molar-refractivity contribution in [3.05, 3.63) is 83.2 Å². The van der Waals surface area contributed by atoms with Crippen molar-refractivity contribution >= 4 is 39.3 Å². The number of nitrogens with one attached hydrogen (secondary N) is 1. The summed E-state index contributed by atoms with van der Waals surface area (Å²) in [4.78, 5) is 16.7. The summed E-state index contributed by atoms with van der Waals surface area (Å²) in [5.41, 5.74) is 2.28. The number of halogens is 2. The van der Waals surface area contributed by atoms with Gasteiger partial charge in [-0.15, -0.1) is 0 Å². The van der Waals surface area contributed by atoms with Crippen molar-refractivity contribution in [3.63, 3.8) is 0 Å². The molecule has 2 heterocycles. The fourth-order valence-corrected chi connectivity index (χ4v) is 4.37. The van der Waals surface area contributed by atoms with E-state index >= 15 is 0 Å². The van der Waals surface area contributed by atoms with Crippen molar-refractivity contribution in [3.8, 4) is 28.1 Å². The van der Waals surface area contributed by atoms with E-state index in [4.69, 9.17) is 27.9 Å². The van der Waals surface area contributed by atoms with Gasteiger partial charge in [-0.2, -0.15) is 9.78 Å². The number of carbonyl (C=O) groups is 1. The van der Waals surface area contributed by atoms with E-state index in [1.165, 1.54) is 37.6 Å². The van der Waals surface area contributed by atoms with Crippen molar-refractivity contribution in [2.75, 3.05) is 7.11 Å². The van der Waals surface area contributed by atoms with Crippen LogP contribution in [-0.2, 0) is 10.0 Å². The minimum absolute atomic E-state index is 0.110. The standard InChI is InChI=1S/C22H16Cl2N4O4S/c1-32-18-11-15(10-17(24)12-18)21-20(14-6-8-25-9-7-14)13-28(26-21)22(29)27-33(30,31)19-4-2-16(23)3-5-19/h2-13H,1H3,(H,27,29). The molecule has 33 heavy (non-hydrogen) atoms. The zero-order valence-electron chi connectivity index (χ0n) is 17.1. The van der Waals surface area contributed by atoms with Crippen molar-refractivity contribution < 1.29 is 17.9 Å². The lowest BCUT2D eigenvalue weighted by Crippen LogP contribution is -2.34. The number of amides is 1. The summed E-state index contributed by atoms with van der Waals surface area (Å²) in [7, 11) is -2.64. The Kier molecular flexibility index (Phi) is 6.37. The third-order valence-electron chi connectivity index (χ3n) is 4.64. The maximum atomic E-state index is 12.8. The van der Waals surface area contributed by atoms with Crippen LogP contribution in [0.1, 0.15) is 0 Å². The third kappa shape index (κ3) is 5.00. The summed E-state index contributed by atoms with van der Waals surface area (Å²) in [6, 6.07) is 13.0. The molecule has 0 fully saturated rings. The number of methoxy groups -OCH3 is 1. The Morgan fingerprint density at radius 1 is 0.970 bits per heavy atom. The second kappa shape index (κ2) is 9.22. The number of carbonyl (C=O) groups excluding carboxylic acids is 1. The Morgan fingerprint density at radius 2 is 1.67 bits per heavy atom. The Bertz CT molecular complexity index is 1420. The van der Waals surface area contributed by atoms with E-state index in [9.17, 15) is 13.2 Å². The number of benzene rings is 2. The van der Waals surface area contributed by atoms with E-state index in [0.29, 0.717) is 32.6 Å². The highest BCUT2D eigenvalue weighted by Crippen LogP contribution is 2.34. The molecule has 0 aliphatic heterocycles. The first-order valence-electron chi connectivity index (χ1n) is 9.44. The van der Waals surface area contributed by atoms with Gasteiger partial charge in [-0.1, -0.05) is 23.2 Å². The van der Waals surface area contributed by atoms with Gasteiger partial charge in [-0.25, -0.2) is 17.9 Å². The lowest BCUT2D eigenvalue weighted by molar-refractivity contribution is 0.244. The summed E-state index contributed by atoms with van der Waals surface area (Å²) in [6.07, 6.45) is 4.63. The molecule has 0 aliphatic carbocycles. The van der Waals surface area contributed by atoms with Crippen LogP contribution < -0.4 is 9.46 Å². The van der Waals surface area contributed by atoms with E-state index in [0.717, 1.165) is 10.2 Å². The molecule has 4 rings (SSSR count). The molecule has 4 aromatic rings. The van der Waals surface area contributed by atoms with Crippen LogP contribution >= 0.6 is 23.2 Å².